The van der Waals surface area contributed by atoms with E-state index in [0.29, 0.717) is 24.4 Å². The molecule has 0 aliphatic heterocycles. The second-order valence-corrected chi connectivity index (χ2v) is 11.3. The summed E-state index contributed by atoms with van der Waals surface area (Å²) >= 11 is 0. The molecule has 1 aromatic carbocycles. The minimum absolute atomic E-state index is 0.243. The summed E-state index contributed by atoms with van der Waals surface area (Å²) in [6, 6.07) is 6.97. The van der Waals surface area contributed by atoms with E-state index in [-0.39, 0.29) is 5.92 Å². The maximum Gasteiger partial charge on any atom is 0.410 e. The Labute approximate surface area is 186 Å². The average molecular weight is 449 g/mol. The lowest BCUT2D eigenvalue weighted by Gasteiger charge is -2.31. The van der Waals surface area contributed by atoms with Crippen LogP contribution in [0.25, 0.3) is 10.8 Å². The number of hydrogen-bond donors (Lipinski definition) is 0. The fraction of sp³-hybridized carbons (Fsp3) is 0.583. The highest BCUT2D eigenvalue weighted by atomic mass is 32.2. The number of aromatic nitrogens is 1. The Morgan fingerprint density at radius 1 is 1.16 bits per heavy atom. The number of fused-ring (bicyclic) bond motifs is 1. The maximum absolute atomic E-state index is 13.5. The quantitative estimate of drug-likeness (QED) is 0.509. The molecule has 31 heavy (non-hydrogen) atoms. The van der Waals surface area contributed by atoms with Crippen molar-refractivity contribution in [3.63, 3.8) is 0 Å². The summed E-state index contributed by atoms with van der Waals surface area (Å²) in [5.74, 6) is -0.243. The fourth-order valence-corrected chi connectivity index (χ4v) is 5.77. The third-order valence-corrected chi connectivity index (χ3v) is 7.82. The van der Waals surface area contributed by atoms with Crippen LogP contribution in [0.2, 0.25) is 0 Å². The number of carbonyl (C=O) groups is 1. The molecule has 1 aromatic heterocycles. The van der Waals surface area contributed by atoms with Crippen molar-refractivity contribution in [3.8, 4) is 0 Å². The number of ether oxygens (including phenoxy) is 1. The van der Waals surface area contributed by atoms with Crippen molar-refractivity contribution in [2.45, 2.75) is 76.6 Å². The number of unbranched alkanes of at least 4 members (excludes halogenated alkanes) is 1. The van der Waals surface area contributed by atoms with Gasteiger partial charge in [0.25, 0.3) is 0 Å². The first kappa shape index (κ1) is 25.1. The third kappa shape index (κ3) is 6.66. The van der Waals surface area contributed by atoms with E-state index in [0.717, 1.165) is 23.6 Å². The van der Waals surface area contributed by atoms with Crippen molar-refractivity contribution in [2.75, 3.05) is 13.1 Å². The zero-order chi connectivity index (χ0) is 23.2. The van der Waals surface area contributed by atoms with E-state index in [1.807, 2.05) is 40.7 Å². The zero-order valence-electron chi connectivity index (χ0n) is 19.6. The summed E-state index contributed by atoms with van der Waals surface area (Å²) < 4.78 is 32.5. The van der Waals surface area contributed by atoms with E-state index in [1.165, 1.54) is 0 Å². The van der Waals surface area contributed by atoms with E-state index in [4.69, 9.17) is 4.74 Å². The zero-order valence-corrected chi connectivity index (χ0v) is 20.4. The van der Waals surface area contributed by atoms with Crippen LogP contribution in [0.1, 0.15) is 60.8 Å². The van der Waals surface area contributed by atoms with E-state index in [9.17, 15) is 13.2 Å². The van der Waals surface area contributed by atoms with Crippen molar-refractivity contribution < 1.29 is 17.9 Å². The molecule has 2 atom stereocenters. The SMILES string of the molecule is CCCCN(C[C@@H](C)C(CC)S(=O)(=O)c1ccc2cnccc2c1)C(=O)OC(C)(C)C. The fourth-order valence-electron chi connectivity index (χ4n) is 3.74. The molecule has 2 aromatic rings. The minimum atomic E-state index is -3.57. The molecular weight excluding hydrogens is 412 g/mol. The Kier molecular flexibility index (Phi) is 8.46. The smallest absolute Gasteiger partial charge is 0.410 e. The molecule has 1 heterocycles. The molecule has 0 saturated heterocycles. The predicted octanol–water partition coefficient (Wildman–Crippen LogP) is 5.46. The highest BCUT2D eigenvalue weighted by molar-refractivity contribution is 7.92. The van der Waals surface area contributed by atoms with Crippen molar-refractivity contribution in [1.82, 2.24) is 9.88 Å². The summed E-state index contributed by atoms with van der Waals surface area (Å²) in [5, 5.41) is 1.15. The number of pyridine rings is 1. The number of rotatable bonds is 9. The number of sulfone groups is 1. The summed E-state index contributed by atoms with van der Waals surface area (Å²) in [6.07, 6.45) is 5.23. The van der Waals surface area contributed by atoms with Crippen LogP contribution in [0.4, 0.5) is 4.79 Å². The van der Waals surface area contributed by atoms with Gasteiger partial charge >= 0.3 is 6.09 Å². The molecule has 1 unspecified atom stereocenters. The van der Waals surface area contributed by atoms with Crippen LogP contribution in [0.15, 0.2) is 41.6 Å². The molecule has 7 heteroatoms. The van der Waals surface area contributed by atoms with E-state index in [1.54, 1.807) is 35.5 Å². The van der Waals surface area contributed by atoms with Gasteiger partial charge in [-0.15, -0.1) is 0 Å². The van der Waals surface area contributed by atoms with Gasteiger partial charge in [-0.05, 0) is 63.1 Å². The van der Waals surface area contributed by atoms with Gasteiger partial charge in [0.1, 0.15) is 5.60 Å². The molecular formula is C24H36N2O4S. The van der Waals surface area contributed by atoms with Gasteiger partial charge in [0.2, 0.25) is 0 Å². The Morgan fingerprint density at radius 2 is 1.87 bits per heavy atom. The molecule has 0 bridgehead atoms. The average Bonchev–Trinajstić information content (AvgIpc) is 2.69. The van der Waals surface area contributed by atoms with Gasteiger partial charge in [-0.2, -0.15) is 0 Å². The number of carbonyl (C=O) groups excluding carboxylic acids is 1. The summed E-state index contributed by atoms with van der Waals surface area (Å²) in [6.45, 7) is 12.2. The van der Waals surface area contributed by atoms with Crippen molar-refractivity contribution in [3.05, 3.63) is 36.7 Å². The Bertz CT molecular complexity index is 982. The molecule has 0 aliphatic carbocycles. The number of amides is 1. The molecule has 0 fully saturated rings. The van der Waals surface area contributed by atoms with Gasteiger partial charge in [0.05, 0.1) is 10.1 Å². The van der Waals surface area contributed by atoms with Gasteiger partial charge in [0.15, 0.2) is 9.84 Å². The molecule has 1 amide bonds. The van der Waals surface area contributed by atoms with Gasteiger partial charge in [-0.3, -0.25) is 4.98 Å². The normalized spacial score (nSPS) is 14.3. The highest BCUT2D eigenvalue weighted by Gasteiger charge is 2.33. The molecule has 0 saturated carbocycles. The lowest BCUT2D eigenvalue weighted by Crippen LogP contribution is -2.43. The van der Waals surface area contributed by atoms with E-state index < -0.39 is 26.8 Å². The lowest BCUT2D eigenvalue weighted by atomic mass is 10.0. The molecule has 2 rings (SSSR count). The van der Waals surface area contributed by atoms with Crippen LogP contribution < -0.4 is 0 Å². The second-order valence-electron chi connectivity index (χ2n) is 9.13. The Balaban J connectivity index is 2.27. The first-order chi connectivity index (χ1) is 14.5. The predicted molar refractivity (Wildman–Crippen MR) is 125 cm³/mol. The summed E-state index contributed by atoms with van der Waals surface area (Å²) in [5.41, 5.74) is -0.596. The van der Waals surface area contributed by atoms with Gasteiger partial charge in [-0.1, -0.05) is 33.3 Å². The second kappa shape index (κ2) is 10.4. The Hall–Kier alpha value is -2.15. The van der Waals surface area contributed by atoms with E-state index >= 15 is 0 Å². The highest BCUT2D eigenvalue weighted by Crippen LogP contribution is 2.28. The van der Waals surface area contributed by atoms with Crippen LogP contribution in [0, 0.1) is 5.92 Å². The van der Waals surface area contributed by atoms with Crippen LogP contribution in [0.5, 0.6) is 0 Å². The first-order valence-corrected chi connectivity index (χ1v) is 12.6. The summed E-state index contributed by atoms with van der Waals surface area (Å²) in [4.78, 5) is 18.8. The topological polar surface area (TPSA) is 76.6 Å². The molecule has 6 nitrogen and oxygen atoms in total. The van der Waals surface area contributed by atoms with Gasteiger partial charge in [0, 0.05) is 30.9 Å². The van der Waals surface area contributed by atoms with Crippen LogP contribution >= 0.6 is 0 Å². The van der Waals surface area contributed by atoms with E-state index in [2.05, 4.69) is 11.9 Å². The number of nitrogens with zero attached hydrogens (tertiary/aromatic N) is 2. The number of benzene rings is 1. The van der Waals surface area contributed by atoms with Crippen LogP contribution in [-0.4, -0.2) is 48.3 Å². The molecule has 0 N–H and O–H groups in total. The lowest BCUT2D eigenvalue weighted by molar-refractivity contribution is 0.0220. The third-order valence-electron chi connectivity index (χ3n) is 5.32. The van der Waals surface area contributed by atoms with Crippen molar-refractivity contribution >= 4 is 26.7 Å². The van der Waals surface area contributed by atoms with Crippen LogP contribution in [-0.2, 0) is 14.6 Å². The molecule has 172 valence electrons. The molecule has 0 radical (unpaired) electrons. The standard InChI is InChI=1S/C24H36N2O4S/c1-7-9-14-26(23(27)30-24(4,5)6)17-18(3)22(8-2)31(28,29)21-11-10-20-16-25-13-12-19(20)15-21/h10-13,15-16,18,22H,7-9,14,17H2,1-6H3/t18-,22?/m1/s1. The largest absolute Gasteiger partial charge is 0.444 e. The Morgan fingerprint density at radius 3 is 2.48 bits per heavy atom. The van der Waals surface area contributed by atoms with Gasteiger partial charge in [-0.25, -0.2) is 13.2 Å². The first-order valence-electron chi connectivity index (χ1n) is 11.0. The molecule has 0 spiro atoms. The molecule has 0 aliphatic rings. The van der Waals surface area contributed by atoms with Gasteiger partial charge < -0.3 is 9.64 Å². The van der Waals surface area contributed by atoms with Crippen molar-refractivity contribution in [2.24, 2.45) is 5.92 Å². The maximum atomic E-state index is 13.5. The summed E-state index contributed by atoms with van der Waals surface area (Å²) in [7, 11) is -3.57. The van der Waals surface area contributed by atoms with Crippen molar-refractivity contribution in [1.29, 1.82) is 0 Å². The minimum Gasteiger partial charge on any atom is -0.444 e. The number of hydrogen-bond acceptors (Lipinski definition) is 5. The monoisotopic (exact) mass is 448 g/mol. The van der Waals surface area contributed by atoms with Crippen LogP contribution in [0.3, 0.4) is 0 Å².